The van der Waals surface area contributed by atoms with Gasteiger partial charge in [-0.25, -0.2) is 9.97 Å². The summed E-state index contributed by atoms with van der Waals surface area (Å²) >= 11 is 3.52. The number of rotatable bonds is 1. The predicted molar refractivity (Wildman–Crippen MR) is 87.3 cm³/mol. The first-order valence-electron chi connectivity index (χ1n) is 6.70. The van der Waals surface area contributed by atoms with Crippen molar-refractivity contribution in [2.45, 2.75) is 6.92 Å². The molecular weight excluding hydrogens is 328 g/mol. The number of hydrogen-bond acceptors (Lipinski definition) is 2. The Morgan fingerprint density at radius 2 is 1.90 bits per heavy atom. The van der Waals surface area contributed by atoms with Gasteiger partial charge in [-0.2, -0.15) is 0 Å². The smallest absolute Gasteiger partial charge is 0.161 e. The molecular formula is C16H13BrN4. The molecule has 5 heteroatoms. The molecule has 21 heavy (non-hydrogen) atoms. The number of nitrogens with zero attached hydrogens (tertiary/aromatic N) is 4. The Kier molecular flexibility index (Phi) is 2.65. The first-order chi connectivity index (χ1) is 10.1. The minimum absolute atomic E-state index is 0.884. The number of aromatic nitrogens is 4. The van der Waals surface area contributed by atoms with Crippen molar-refractivity contribution in [2.24, 2.45) is 7.05 Å². The van der Waals surface area contributed by atoms with Gasteiger partial charge in [0.15, 0.2) is 5.82 Å². The number of hydrogen-bond donors (Lipinski definition) is 0. The van der Waals surface area contributed by atoms with Gasteiger partial charge in [-0.3, -0.25) is 0 Å². The second-order valence-corrected chi connectivity index (χ2v) is 6.10. The minimum Gasteiger partial charge on any atom is -0.326 e. The van der Waals surface area contributed by atoms with Gasteiger partial charge in [-0.1, -0.05) is 12.1 Å². The molecule has 0 bridgehead atoms. The molecule has 104 valence electrons. The Labute approximate surface area is 130 Å². The zero-order valence-electron chi connectivity index (χ0n) is 11.7. The normalized spacial score (nSPS) is 11.6. The SMILES string of the molecule is Cc1cc(Br)cn2cc(-c3nc4ccccc4n3C)nc12. The van der Waals surface area contributed by atoms with Crippen LogP contribution in [0.2, 0.25) is 0 Å². The highest BCUT2D eigenvalue weighted by molar-refractivity contribution is 9.10. The van der Waals surface area contributed by atoms with E-state index in [2.05, 4.69) is 39.6 Å². The lowest BCUT2D eigenvalue weighted by Crippen LogP contribution is -1.92. The quantitative estimate of drug-likeness (QED) is 0.525. The number of aryl methyl sites for hydroxylation is 2. The minimum atomic E-state index is 0.884. The lowest BCUT2D eigenvalue weighted by atomic mass is 10.3. The fraction of sp³-hybridized carbons (Fsp3) is 0.125. The Morgan fingerprint density at radius 3 is 2.71 bits per heavy atom. The summed E-state index contributed by atoms with van der Waals surface area (Å²) in [5, 5.41) is 0. The van der Waals surface area contributed by atoms with Crippen molar-refractivity contribution in [3.8, 4) is 11.5 Å². The maximum absolute atomic E-state index is 4.74. The van der Waals surface area contributed by atoms with E-state index in [9.17, 15) is 0 Å². The van der Waals surface area contributed by atoms with Crippen LogP contribution in [0.3, 0.4) is 0 Å². The summed E-state index contributed by atoms with van der Waals surface area (Å²) in [4.78, 5) is 9.44. The summed E-state index contributed by atoms with van der Waals surface area (Å²) in [6.45, 7) is 2.06. The molecule has 3 heterocycles. The molecule has 4 nitrogen and oxygen atoms in total. The number of imidazole rings is 2. The van der Waals surface area contributed by atoms with Crippen LogP contribution in [0.5, 0.6) is 0 Å². The third-order valence-electron chi connectivity index (χ3n) is 3.72. The monoisotopic (exact) mass is 340 g/mol. The van der Waals surface area contributed by atoms with E-state index in [4.69, 9.17) is 9.97 Å². The van der Waals surface area contributed by atoms with Crippen molar-refractivity contribution < 1.29 is 0 Å². The van der Waals surface area contributed by atoms with E-state index < -0.39 is 0 Å². The maximum atomic E-state index is 4.74. The molecule has 0 amide bonds. The van der Waals surface area contributed by atoms with E-state index in [0.717, 1.165) is 38.2 Å². The molecule has 0 aliphatic carbocycles. The van der Waals surface area contributed by atoms with Crippen LogP contribution in [0.25, 0.3) is 28.2 Å². The average Bonchev–Trinajstić information content (AvgIpc) is 3.01. The molecule has 1 aromatic carbocycles. The van der Waals surface area contributed by atoms with Crippen molar-refractivity contribution in [1.29, 1.82) is 0 Å². The summed E-state index contributed by atoms with van der Waals surface area (Å²) in [7, 11) is 2.03. The molecule has 0 fully saturated rings. The van der Waals surface area contributed by atoms with Crippen LogP contribution in [-0.2, 0) is 7.05 Å². The van der Waals surface area contributed by atoms with Crippen LogP contribution >= 0.6 is 15.9 Å². The van der Waals surface area contributed by atoms with E-state index in [0.29, 0.717) is 0 Å². The molecule has 0 unspecified atom stereocenters. The van der Waals surface area contributed by atoms with E-state index >= 15 is 0 Å². The lowest BCUT2D eigenvalue weighted by molar-refractivity contribution is 0.953. The van der Waals surface area contributed by atoms with Crippen LogP contribution in [0.4, 0.5) is 0 Å². The second kappa shape index (κ2) is 4.43. The van der Waals surface area contributed by atoms with Gasteiger partial charge < -0.3 is 8.97 Å². The lowest BCUT2D eigenvalue weighted by Gasteiger charge is -1.97. The number of benzene rings is 1. The van der Waals surface area contributed by atoms with Crippen LogP contribution in [0.1, 0.15) is 5.56 Å². The Bertz CT molecular complexity index is 981. The molecule has 0 spiro atoms. The Morgan fingerprint density at radius 1 is 1.10 bits per heavy atom. The van der Waals surface area contributed by atoms with Crippen LogP contribution in [0.15, 0.2) is 47.2 Å². The van der Waals surface area contributed by atoms with Crippen molar-refractivity contribution >= 4 is 32.6 Å². The third kappa shape index (κ3) is 1.88. The van der Waals surface area contributed by atoms with Crippen LogP contribution in [0, 0.1) is 6.92 Å². The number of pyridine rings is 1. The highest BCUT2D eigenvalue weighted by Crippen LogP contribution is 2.25. The highest BCUT2D eigenvalue weighted by Gasteiger charge is 2.13. The Balaban J connectivity index is 2.00. The maximum Gasteiger partial charge on any atom is 0.161 e. The Hall–Kier alpha value is -2.14. The van der Waals surface area contributed by atoms with Gasteiger partial charge in [0.2, 0.25) is 0 Å². The zero-order chi connectivity index (χ0) is 14.6. The number of fused-ring (bicyclic) bond motifs is 2. The molecule has 0 N–H and O–H groups in total. The van der Waals surface area contributed by atoms with Crippen molar-refractivity contribution in [3.05, 3.63) is 52.8 Å². The summed E-state index contributed by atoms with van der Waals surface area (Å²) in [6.07, 6.45) is 4.04. The zero-order valence-corrected chi connectivity index (χ0v) is 13.3. The second-order valence-electron chi connectivity index (χ2n) is 5.18. The average molecular weight is 341 g/mol. The van der Waals surface area contributed by atoms with E-state index in [-0.39, 0.29) is 0 Å². The summed E-state index contributed by atoms with van der Waals surface area (Å²) < 4.78 is 5.16. The standard InChI is InChI=1S/C16H13BrN4/c1-10-7-11(17)8-21-9-13(19-15(10)21)16-18-12-5-3-4-6-14(12)20(16)2/h3-9H,1-2H3. The van der Waals surface area contributed by atoms with Gasteiger partial charge >= 0.3 is 0 Å². The molecule has 0 saturated heterocycles. The van der Waals surface area contributed by atoms with Crippen molar-refractivity contribution in [1.82, 2.24) is 18.9 Å². The molecule has 3 aromatic heterocycles. The van der Waals surface area contributed by atoms with Gasteiger partial charge in [0.25, 0.3) is 0 Å². The number of halogens is 1. The highest BCUT2D eigenvalue weighted by atomic mass is 79.9. The summed E-state index contributed by atoms with van der Waals surface area (Å²) in [5.74, 6) is 0.885. The van der Waals surface area contributed by atoms with Gasteiger partial charge in [-0.05, 0) is 46.6 Å². The predicted octanol–water partition coefficient (Wildman–Crippen LogP) is 3.96. The molecule has 0 aliphatic heterocycles. The number of para-hydroxylation sites is 2. The molecule has 0 radical (unpaired) electrons. The van der Waals surface area contributed by atoms with Gasteiger partial charge in [0.05, 0.1) is 11.0 Å². The molecule has 4 rings (SSSR count). The van der Waals surface area contributed by atoms with Crippen LogP contribution < -0.4 is 0 Å². The van der Waals surface area contributed by atoms with Crippen LogP contribution in [-0.4, -0.2) is 18.9 Å². The van der Waals surface area contributed by atoms with E-state index in [1.54, 1.807) is 0 Å². The molecule has 0 aliphatic rings. The van der Waals surface area contributed by atoms with Crippen molar-refractivity contribution in [2.75, 3.05) is 0 Å². The summed E-state index contributed by atoms with van der Waals surface area (Å²) in [6, 6.07) is 10.2. The topological polar surface area (TPSA) is 35.1 Å². The first-order valence-corrected chi connectivity index (χ1v) is 7.49. The molecule has 0 atom stereocenters. The first kappa shape index (κ1) is 12.6. The fourth-order valence-electron chi connectivity index (χ4n) is 2.71. The van der Waals surface area contributed by atoms with E-state index in [1.807, 2.05) is 42.0 Å². The van der Waals surface area contributed by atoms with Crippen molar-refractivity contribution in [3.63, 3.8) is 0 Å². The van der Waals surface area contributed by atoms with E-state index in [1.165, 1.54) is 0 Å². The van der Waals surface area contributed by atoms with Gasteiger partial charge in [0.1, 0.15) is 11.3 Å². The van der Waals surface area contributed by atoms with Gasteiger partial charge in [0, 0.05) is 23.9 Å². The molecule has 4 aromatic rings. The fourth-order valence-corrected chi connectivity index (χ4v) is 3.27. The van der Waals surface area contributed by atoms with Gasteiger partial charge in [-0.15, -0.1) is 0 Å². The largest absolute Gasteiger partial charge is 0.326 e. The third-order valence-corrected chi connectivity index (χ3v) is 4.15. The molecule has 0 saturated carbocycles. The summed E-state index contributed by atoms with van der Waals surface area (Å²) in [5.41, 5.74) is 5.08.